The second-order valence-corrected chi connectivity index (χ2v) is 5.17. The zero-order chi connectivity index (χ0) is 13.0. The first-order chi connectivity index (χ1) is 8.70. The SMILES string of the molecule is CCCNc1nc(C)cc(N(C)C2CCCC2)n1. The van der Waals surface area contributed by atoms with E-state index >= 15 is 0 Å². The van der Waals surface area contributed by atoms with Crippen LogP contribution in [0.1, 0.15) is 44.7 Å². The Kier molecular flexibility index (Phi) is 4.39. The maximum absolute atomic E-state index is 4.62. The van der Waals surface area contributed by atoms with E-state index in [9.17, 15) is 0 Å². The number of nitrogens with one attached hydrogen (secondary N) is 1. The van der Waals surface area contributed by atoms with E-state index in [-0.39, 0.29) is 0 Å². The zero-order valence-corrected chi connectivity index (χ0v) is 11.7. The number of nitrogens with zero attached hydrogens (tertiary/aromatic N) is 3. The molecule has 0 aliphatic heterocycles. The Morgan fingerprint density at radius 3 is 2.72 bits per heavy atom. The molecule has 2 rings (SSSR count). The maximum atomic E-state index is 4.62. The first-order valence-electron chi connectivity index (χ1n) is 7.03. The Morgan fingerprint density at radius 1 is 1.33 bits per heavy atom. The van der Waals surface area contributed by atoms with Gasteiger partial charge in [-0.25, -0.2) is 4.98 Å². The van der Waals surface area contributed by atoms with Gasteiger partial charge in [0.05, 0.1) is 0 Å². The topological polar surface area (TPSA) is 41.1 Å². The molecule has 0 radical (unpaired) electrons. The largest absolute Gasteiger partial charge is 0.357 e. The molecule has 0 amide bonds. The normalized spacial score (nSPS) is 15.9. The van der Waals surface area contributed by atoms with Gasteiger partial charge in [-0.3, -0.25) is 0 Å². The summed E-state index contributed by atoms with van der Waals surface area (Å²) in [4.78, 5) is 11.4. The van der Waals surface area contributed by atoms with Gasteiger partial charge in [-0.2, -0.15) is 4.98 Å². The van der Waals surface area contributed by atoms with Crippen molar-refractivity contribution < 1.29 is 0 Å². The predicted octanol–water partition coefficient (Wildman–Crippen LogP) is 2.99. The summed E-state index contributed by atoms with van der Waals surface area (Å²) in [5, 5.41) is 3.27. The molecule has 0 saturated heterocycles. The molecule has 1 aromatic heterocycles. The van der Waals surface area contributed by atoms with E-state index in [1.54, 1.807) is 0 Å². The van der Waals surface area contributed by atoms with Crippen LogP contribution in [0.15, 0.2) is 6.07 Å². The summed E-state index contributed by atoms with van der Waals surface area (Å²) in [6, 6.07) is 2.73. The van der Waals surface area contributed by atoms with E-state index in [0.717, 1.165) is 30.4 Å². The van der Waals surface area contributed by atoms with Gasteiger partial charge in [0.25, 0.3) is 0 Å². The minimum absolute atomic E-state index is 0.651. The van der Waals surface area contributed by atoms with Gasteiger partial charge in [0, 0.05) is 31.4 Å². The van der Waals surface area contributed by atoms with Crippen molar-refractivity contribution >= 4 is 11.8 Å². The van der Waals surface area contributed by atoms with Crippen molar-refractivity contribution in [1.82, 2.24) is 9.97 Å². The lowest BCUT2D eigenvalue weighted by molar-refractivity contribution is 0.645. The van der Waals surface area contributed by atoms with Crippen molar-refractivity contribution in [3.05, 3.63) is 11.8 Å². The highest BCUT2D eigenvalue weighted by Crippen LogP contribution is 2.26. The summed E-state index contributed by atoms with van der Waals surface area (Å²) in [5.74, 6) is 1.81. The van der Waals surface area contributed by atoms with Crippen LogP contribution in [-0.4, -0.2) is 29.6 Å². The van der Waals surface area contributed by atoms with Gasteiger partial charge in [-0.05, 0) is 26.2 Å². The molecule has 1 aliphatic rings. The molecule has 1 saturated carbocycles. The third kappa shape index (κ3) is 3.12. The lowest BCUT2D eigenvalue weighted by Gasteiger charge is -2.25. The monoisotopic (exact) mass is 248 g/mol. The van der Waals surface area contributed by atoms with Gasteiger partial charge < -0.3 is 10.2 Å². The average molecular weight is 248 g/mol. The van der Waals surface area contributed by atoms with E-state index in [0.29, 0.717) is 6.04 Å². The maximum Gasteiger partial charge on any atom is 0.224 e. The van der Waals surface area contributed by atoms with Crippen LogP contribution in [0, 0.1) is 6.92 Å². The molecule has 100 valence electrons. The number of aromatic nitrogens is 2. The van der Waals surface area contributed by atoms with Crippen LogP contribution < -0.4 is 10.2 Å². The molecule has 0 bridgehead atoms. The molecule has 1 aromatic rings. The van der Waals surface area contributed by atoms with E-state index in [1.165, 1.54) is 25.7 Å². The van der Waals surface area contributed by atoms with Crippen molar-refractivity contribution in [1.29, 1.82) is 0 Å². The van der Waals surface area contributed by atoms with Crippen LogP contribution in [0.4, 0.5) is 11.8 Å². The van der Waals surface area contributed by atoms with Crippen molar-refractivity contribution in [3.8, 4) is 0 Å². The summed E-state index contributed by atoms with van der Waals surface area (Å²) in [6.45, 7) is 5.11. The number of rotatable bonds is 5. The number of anilines is 2. The number of aryl methyl sites for hydroxylation is 1. The summed E-state index contributed by atoms with van der Waals surface area (Å²) in [6.07, 6.45) is 6.36. The van der Waals surface area contributed by atoms with Gasteiger partial charge in [0.15, 0.2) is 0 Å². The van der Waals surface area contributed by atoms with Gasteiger partial charge >= 0.3 is 0 Å². The number of hydrogen-bond donors (Lipinski definition) is 1. The first-order valence-corrected chi connectivity index (χ1v) is 7.03. The predicted molar refractivity (Wildman–Crippen MR) is 76.2 cm³/mol. The van der Waals surface area contributed by atoms with E-state index in [2.05, 4.69) is 40.2 Å². The molecule has 1 fully saturated rings. The lowest BCUT2D eigenvalue weighted by Crippen LogP contribution is -2.30. The van der Waals surface area contributed by atoms with Gasteiger partial charge in [-0.1, -0.05) is 19.8 Å². The minimum Gasteiger partial charge on any atom is -0.357 e. The average Bonchev–Trinajstić information content (AvgIpc) is 2.88. The fourth-order valence-corrected chi connectivity index (χ4v) is 2.53. The Hall–Kier alpha value is -1.32. The summed E-state index contributed by atoms with van der Waals surface area (Å²) in [7, 11) is 2.15. The Labute approximate surface area is 110 Å². The van der Waals surface area contributed by atoms with Crippen LogP contribution in [0.2, 0.25) is 0 Å². The van der Waals surface area contributed by atoms with Crippen LogP contribution in [0.3, 0.4) is 0 Å². The Bertz CT molecular complexity index is 385. The number of hydrogen-bond acceptors (Lipinski definition) is 4. The summed E-state index contributed by atoms with van der Waals surface area (Å²) in [5.41, 5.74) is 1.03. The molecule has 18 heavy (non-hydrogen) atoms. The Morgan fingerprint density at radius 2 is 2.06 bits per heavy atom. The second kappa shape index (κ2) is 6.03. The van der Waals surface area contributed by atoms with Gasteiger partial charge in [0.2, 0.25) is 5.95 Å². The third-order valence-electron chi connectivity index (χ3n) is 3.61. The highest BCUT2D eigenvalue weighted by atomic mass is 15.2. The standard InChI is InChI=1S/C14H24N4/c1-4-9-15-14-16-11(2)10-13(17-14)18(3)12-7-5-6-8-12/h10,12H,4-9H2,1-3H3,(H,15,16,17). The quantitative estimate of drug-likeness (QED) is 0.869. The van der Waals surface area contributed by atoms with Crippen LogP contribution in [0.25, 0.3) is 0 Å². The molecular formula is C14H24N4. The summed E-state index contributed by atoms with van der Waals surface area (Å²) < 4.78 is 0. The fourth-order valence-electron chi connectivity index (χ4n) is 2.53. The Balaban J connectivity index is 2.13. The first kappa shape index (κ1) is 13.1. The highest BCUT2D eigenvalue weighted by molar-refractivity contribution is 5.45. The molecule has 4 nitrogen and oxygen atoms in total. The van der Waals surface area contributed by atoms with E-state index in [1.807, 2.05) is 6.92 Å². The van der Waals surface area contributed by atoms with Crippen LogP contribution >= 0.6 is 0 Å². The zero-order valence-electron chi connectivity index (χ0n) is 11.7. The molecule has 0 unspecified atom stereocenters. The molecule has 1 aliphatic carbocycles. The molecule has 1 N–H and O–H groups in total. The molecule has 0 atom stereocenters. The van der Waals surface area contributed by atoms with Crippen molar-refractivity contribution in [2.24, 2.45) is 0 Å². The smallest absolute Gasteiger partial charge is 0.224 e. The third-order valence-corrected chi connectivity index (χ3v) is 3.61. The molecule has 4 heteroatoms. The molecule has 1 heterocycles. The van der Waals surface area contributed by atoms with E-state index in [4.69, 9.17) is 0 Å². The summed E-state index contributed by atoms with van der Waals surface area (Å²) >= 11 is 0. The van der Waals surface area contributed by atoms with Crippen molar-refractivity contribution in [3.63, 3.8) is 0 Å². The van der Waals surface area contributed by atoms with Crippen LogP contribution in [0.5, 0.6) is 0 Å². The molecule has 0 aromatic carbocycles. The van der Waals surface area contributed by atoms with Crippen LogP contribution in [-0.2, 0) is 0 Å². The van der Waals surface area contributed by atoms with Gasteiger partial charge in [0.1, 0.15) is 5.82 Å². The highest BCUT2D eigenvalue weighted by Gasteiger charge is 2.21. The van der Waals surface area contributed by atoms with Crippen molar-refractivity contribution in [2.75, 3.05) is 23.8 Å². The molecular weight excluding hydrogens is 224 g/mol. The lowest BCUT2D eigenvalue weighted by atomic mass is 10.2. The van der Waals surface area contributed by atoms with Crippen molar-refractivity contribution in [2.45, 2.75) is 52.0 Å². The fraction of sp³-hybridized carbons (Fsp3) is 0.714. The second-order valence-electron chi connectivity index (χ2n) is 5.17. The molecule has 0 spiro atoms. The van der Waals surface area contributed by atoms with E-state index < -0.39 is 0 Å². The van der Waals surface area contributed by atoms with Gasteiger partial charge in [-0.15, -0.1) is 0 Å². The minimum atomic E-state index is 0.651.